The lowest BCUT2D eigenvalue weighted by Gasteiger charge is -2.33. The molecule has 2 aliphatic rings. The average Bonchev–Trinajstić information content (AvgIpc) is 3.38. The molecule has 2 aromatic heterocycles. The first-order valence-corrected chi connectivity index (χ1v) is 10.3. The Morgan fingerprint density at radius 3 is 2.83 bits per heavy atom. The highest BCUT2D eigenvalue weighted by atomic mass is 16.5. The van der Waals surface area contributed by atoms with Crippen molar-refractivity contribution in [3.8, 4) is 16.9 Å². The van der Waals surface area contributed by atoms with Gasteiger partial charge in [0.2, 0.25) is 5.91 Å². The number of nitrogens with one attached hydrogen (secondary N) is 1. The SMILES string of the molecule is COc1cc2c(cc1-c1cnn(C)c1)CCCN2c1n[nH]c2c1CN(C(C)=O)CC2. The van der Waals surface area contributed by atoms with Crippen molar-refractivity contribution < 1.29 is 9.53 Å². The molecule has 8 heteroatoms. The predicted octanol–water partition coefficient (Wildman–Crippen LogP) is 2.81. The van der Waals surface area contributed by atoms with Crippen LogP contribution >= 0.6 is 0 Å². The van der Waals surface area contributed by atoms with Crippen molar-refractivity contribution in [1.29, 1.82) is 0 Å². The van der Waals surface area contributed by atoms with E-state index in [2.05, 4.69) is 32.3 Å². The fraction of sp³-hybridized carbons (Fsp3) is 0.409. The molecule has 4 heterocycles. The number of hydrogen-bond donors (Lipinski definition) is 1. The van der Waals surface area contributed by atoms with Gasteiger partial charge in [0.1, 0.15) is 5.75 Å². The van der Waals surface area contributed by atoms with Crippen LogP contribution < -0.4 is 9.64 Å². The van der Waals surface area contributed by atoms with Gasteiger partial charge in [0.25, 0.3) is 0 Å². The highest BCUT2D eigenvalue weighted by Crippen LogP contribution is 2.42. The molecule has 0 saturated carbocycles. The Morgan fingerprint density at radius 1 is 1.23 bits per heavy atom. The van der Waals surface area contributed by atoms with Gasteiger partial charge in [-0.2, -0.15) is 10.2 Å². The number of nitrogens with zero attached hydrogens (tertiary/aromatic N) is 5. The van der Waals surface area contributed by atoms with Gasteiger partial charge in [-0.3, -0.25) is 14.6 Å². The third-order valence-corrected chi connectivity index (χ3v) is 6.15. The minimum Gasteiger partial charge on any atom is -0.496 e. The number of ether oxygens (including phenoxy) is 1. The molecule has 0 radical (unpaired) electrons. The van der Waals surface area contributed by atoms with Crippen LogP contribution in [0.2, 0.25) is 0 Å². The summed E-state index contributed by atoms with van der Waals surface area (Å²) in [5.41, 5.74) is 6.76. The van der Waals surface area contributed by atoms with Crippen molar-refractivity contribution in [3.05, 3.63) is 41.3 Å². The van der Waals surface area contributed by atoms with Crippen LogP contribution in [0, 0.1) is 0 Å². The number of carbonyl (C=O) groups is 1. The maximum atomic E-state index is 11.9. The van der Waals surface area contributed by atoms with E-state index in [9.17, 15) is 4.79 Å². The Balaban J connectivity index is 1.57. The maximum absolute atomic E-state index is 11.9. The van der Waals surface area contributed by atoms with Gasteiger partial charge in [0.05, 0.1) is 19.9 Å². The zero-order chi connectivity index (χ0) is 20.8. The van der Waals surface area contributed by atoms with E-state index in [-0.39, 0.29) is 5.91 Å². The van der Waals surface area contributed by atoms with Crippen LogP contribution in [0.15, 0.2) is 24.5 Å². The molecular formula is C22H26N6O2. The molecule has 0 fully saturated rings. The summed E-state index contributed by atoms with van der Waals surface area (Å²) in [6.45, 7) is 3.86. The van der Waals surface area contributed by atoms with Crippen molar-refractivity contribution in [3.63, 3.8) is 0 Å². The van der Waals surface area contributed by atoms with Crippen LogP contribution in [-0.2, 0) is 31.2 Å². The highest BCUT2D eigenvalue weighted by molar-refractivity contribution is 5.79. The molecule has 156 valence electrons. The molecule has 0 aliphatic carbocycles. The van der Waals surface area contributed by atoms with Gasteiger partial charge in [-0.1, -0.05) is 0 Å². The zero-order valence-corrected chi connectivity index (χ0v) is 17.6. The van der Waals surface area contributed by atoms with Crippen molar-refractivity contribution in [2.75, 3.05) is 25.1 Å². The number of aromatic amines is 1. The molecule has 8 nitrogen and oxygen atoms in total. The molecule has 1 N–H and O–H groups in total. The summed E-state index contributed by atoms with van der Waals surface area (Å²) in [7, 11) is 3.62. The van der Waals surface area contributed by atoms with E-state index in [0.29, 0.717) is 6.54 Å². The lowest BCUT2D eigenvalue weighted by molar-refractivity contribution is -0.129. The molecule has 0 atom stereocenters. The number of amides is 1. The van der Waals surface area contributed by atoms with Crippen LogP contribution in [0.25, 0.3) is 11.1 Å². The fourth-order valence-electron chi connectivity index (χ4n) is 4.56. The predicted molar refractivity (Wildman–Crippen MR) is 114 cm³/mol. The molecule has 2 aliphatic heterocycles. The number of aromatic nitrogens is 4. The average molecular weight is 406 g/mol. The number of rotatable bonds is 3. The first-order chi connectivity index (χ1) is 14.5. The Morgan fingerprint density at radius 2 is 2.10 bits per heavy atom. The fourth-order valence-corrected chi connectivity index (χ4v) is 4.56. The smallest absolute Gasteiger partial charge is 0.219 e. The Kier molecular flexibility index (Phi) is 4.49. The topological polar surface area (TPSA) is 79.3 Å². The highest BCUT2D eigenvalue weighted by Gasteiger charge is 2.29. The van der Waals surface area contributed by atoms with E-state index >= 15 is 0 Å². The van der Waals surface area contributed by atoms with E-state index in [1.807, 2.05) is 24.3 Å². The van der Waals surface area contributed by atoms with E-state index in [4.69, 9.17) is 4.74 Å². The van der Waals surface area contributed by atoms with Crippen LogP contribution in [0.1, 0.15) is 30.2 Å². The minimum atomic E-state index is 0.106. The lowest BCUT2D eigenvalue weighted by atomic mass is 9.95. The second-order valence-electron chi connectivity index (χ2n) is 8.03. The summed E-state index contributed by atoms with van der Waals surface area (Å²) < 4.78 is 7.56. The molecule has 3 aromatic rings. The van der Waals surface area contributed by atoms with Crippen molar-refractivity contribution in [2.45, 2.75) is 32.7 Å². The molecule has 1 amide bonds. The van der Waals surface area contributed by atoms with E-state index in [1.165, 1.54) is 5.56 Å². The number of fused-ring (bicyclic) bond motifs is 2. The molecule has 1 aromatic carbocycles. The van der Waals surface area contributed by atoms with Gasteiger partial charge in [0.15, 0.2) is 5.82 Å². The molecule has 0 spiro atoms. The van der Waals surface area contributed by atoms with Crippen LogP contribution in [-0.4, -0.2) is 51.0 Å². The van der Waals surface area contributed by atoms with Gasteiger partial charge < -0.3 is 14.5 Å². The quantitative estimate of drug-likeness (QED) is 0.724. The molecule has 5 rings (SSSR count). The minimum absolute atomic E-state index is 0.106. The normalized spacial score (nSPS) is 15.7. The first-order valence-electron chi connectivity index (χ1n) is 10.3. The lowest BCUT2D eigenvalue weighted by Crippen LogP contribution is -2.35. The van der Waals surface area contributed by atoms with E-state index in [1.54, 1.807) is 18.7 Å². The number of carbonyl (C=O) groups excluding carboxylic acids is 1. The monoisotopic (exact) mass is 406 g/mol. The first kappa shape index (κ1) is 18.7. The van der Waals surface area contributed by atoms with E-state index in [0.717, 1.165) is 72.0 Å². The van der Waals surface area contributed by atoms with Gasteiger partial charge in [-0.25, -0.2) is 0 Å². The van der Waals surface area contributed by atoms with Gasteiger partial charge in [-0.15, -0.1) is 0 Å². The summed E-state index contributed by atoms with van der Waals surface area (Å²) >= 11 is 0. The molecule has 0 bridgehead atoms. The van der Waals surface area contributed by atoms with Crippen LogP contribution in [0.4, 0.5) is 11.5 Å². The van der Waals surface area contributed by atoms with Gasteiger partial charge in [0, 0.05) is 73.8 Å². The standard InChI is InChI=1S/C22H26N6O2/c1-14(29)27-8-6-19-18(13-27)22(25-24-19)28-7-4-5-15-9-17(16-11-23-26(2)12-16)21(30-3)10-20(15)28/h9-12H,4-8,13H2,1-3H3,(H,24,25). The second-order valence-corrected chi connectivity index (χ2v) is 8.03. The zero-order valence-electron chi connectivity index (χ0n) is 17.6. The molecular weight excluding hydrogens is 380 g/mol. The molecule has 0 unspecified atom stereocenters. The number of benzene rings is 1. The van der Waals surface area contributed by atoms with Crippen LogP contribution in [0.3, 0.4) is 0 Å². The number of anilines is 2. The van der Waals surface area contributed by atoms with Crippen molar-refractivity contribution >= 4 is 17.4 Å². The Bertz CT molecular complexity index is 1120. The number of methoxy groups -OCH3 is 1. The third-order valence-electron chi connectivity index (χ3n) is 6.15. The summed E-state index contributed by atoms with van der Waals surface area (Å²) in [5.74, 6) is 1.85. The summed E-state index contributed by atoms with van der Waals surface area (Å²) in [6, 6.07) is 4.34. The van der Waals surface area contributed by atoms with Gasteiger partial charge >= 0.3 is 0 Å². The molecule has 30 heavy (non-hydrogen) atoms. The largest absolute Gasteiger partial charge is 0.496 e. The number of hydrogen-bond acceptors (Lipinski definition) is 5. The summed E-state index contributed by atoms with van der Waals surface area (Å²) in [6.07, 6.45) is 6.74. The number of aryl methyl sites for hydroxylation is 2. The van der Waals surface area contributed by atoms with E-state index < -0.39 is 0 Å². The van der Waals surface area contributed by atoms with Crippen molar-refractivity contribution in [2.24, 2.45) is 7.05 Å². The Labute approximate surface area is 175 Å². The summed E-state index contributed by atoms with van der Waals surface area (Å²) in [4.78, 5) is 16.1. The summed E-state index contributed by atoms with van der Waals surface area (Å²) in [5, 5.41) is 12.2. The maximum Gasteiger partial charge on any atom is 0.219 e. The third kappa shape index (κ3) is 3.03. The second kappa shape index (κ2) is 7.19. The Hall–Kier alpha value is -3.29. The van der Waals surface area contributed by atoms with Crippen molar-refractivity contribution in [1.82, 2.24) is 24.9 Å². The number of H-pyrrole nitrogens is 1. The van der Waals surface area contributed by atoms with Gasteiger partial charge in [-0.05, 0) is 24.5 Å². The van der Waals surface area contributed by atoms with Crippen LogP contribution in [0.5, 0.6) is 5.75 Å². The molecule has 0 saturated heterocycles.